The van der Waals surface area contributed by atoms with Crippen LogP contribution in [0.15, 0.2) is 6.20 Å². The van der Waals surface area contributed by atoms with Crippen molar-refractivity contribution in [1.29, 1.82) is 0 Å². The summed E-state index contributed by atoms with van der Waals surface area (Å²) in [5.74, 6) is 1.09. The smallest absolute Gasteiger partial charge is 0.227 e. The van der Waals surface area contributed by atoms with E-state index in [1.807, 2.05) is 32.2 Å². The number of anilines is 1. The van der Waals surface area contributed by atoms with Gasteiger partial charge < -0.3 is 4.90 Å². The van der Waals surface area contributed by atoms with Crippen LogP contribution in [0.3, 0.4) is 0 Å². The van der Waals surface area contributed by atoms with Gasteiger partial charge >= 0.3 is 0 Å². The Labute approximate surface area is 95.1 Å². The second kappa shape index (κ2) is 3.73. The van der Waals surface area contributed by atoms with Crippen LogP contribution in [0.2, 0.25) is 0 Å². The molecule has 86 valence electrons. The predicted octanol–water partition coefficient (Wildman–Crippen LogP) is 1.55. The highest BCUT2D eigenvalue weighted by atomic mass is 15.3. The summed E-state index contributed by atoms with van der Waals surface area (Å²) in [5, 5.41) is 5.38. The van der Waals surface area contributed by atoms with Crippen molar-refractivity contribution in [2.75, 3.05) is 19.0 Å². The van der Waals surface area contributed by atoms with Gasteiger partial charge in [0, 0.05) is 27.3 Å². The lowest BCUT2D eigenvalue weighted by Crippen LogP contribution is -2.14. The van der Waals surface area contributed by atoms with Gasteiger partial charge in [-0.15, -0.1) is 0 Å². The average molecular weight is 219 g/mol. The molecule has 0 amide bonds. The van der Waals surface area contributed by atoms with E-state index in [0.717, 1.165) is 22.7 Å². The zero-order chi connectivity index (χ0) is 11.9. The van der Waals surface area contributed by atoms with Crippen molar-refractivity contribution >= 4 is 17.0 Å². The molecule has 2 aromatic rings. The molecule has 2 heterocycles. The Morgan fingerprint density at radius 1 is 1.25 bits per heavy atom. The third-order valence-corrected chi connectivity index (χ3v) is 2.46. The Balaban J connectivity index is 2.73. The van der Waals surface area contributed by atoms with Gasteiger partial charge in [0.15, 0.2) is 5.65 Å². The van der Waals surface area contributed by atoms with E-state index in [9.17, 15) is 0 Å². The lowest BCUT2D eigenvalue weighted by molar-refractivity contribution is 0.775. The largest absolute Gasteiger partial charge is 0.347 e. The first kappa shape index (κ1) is 10.9. The molecule has 0 aromatic carbocycles. The molecule has 0 bridgehead atoms. The van der Waals surface area contributed by atoms with Crippen LogP contribution in [-0.2, 0) is 7.05 Å². The Kier molecular flexibility index (Phi) is 2.53. The Hall–Kier alpha value is -1.65. The normalized spacial score (nSPS) is 11.4. The third kappa shape index (κ3) is 1.73. The fourth-order valence-electron chi connectivity index (χ4n) is 1.67. The molecule has 0 fully saturated rings. The molecule has 0 aliphatic carbocycles. The van der Waals surface area contributed by atoms with Crippen molar-refractivity contribution in [1.82, 2.24) is 19.7 Å². The molecule has 16 heavy (non-hydrogen) atoms. The summed E-state index contributed by atoms with van der Waals surface area (Å²) in [6.07, 6.45) is 1.98. The fraction of sp³-hybridized carbons (Fsp3) is 0.545. The lowest BCUT2D eigenvalue weighted by Gasteiger charge is -2.13. The molecule has 0 atom stereocenters. The van der Waals surface area contributed by atoms with Crippen LogP contribution in [0.5, 0.6) is 0 Å². The minimum atomic E-state index is 0.369. The third-order valence-electron chi connectivity index (χ3n) is 2.46. The van der Waals surface area contributed by atoms with Gasteiger partial charge in [0.25, 0.3) is 0 Å². The number of aryl methyl sites for hydroxylation is 1. The van der Waals surface area contributed by atoms with E-state index < -0.39 is 0 Å². The van der Waals surface area contributed by atoms with E-state index in [1.54, 1.807) is 4.68 Å². The van der Waals surface area contributed by atoms with Gasteiger partial charge in [-0.05, 0) is 5.92 Å². The maximum Gasteiger partial charge on any atom is 0.227 e. The number of nitrogens with zero attached hydrogens (tertiary/aromatic N) is 5. The highest BCUT2D eigenvalue weighted by Gasteiger charge is 2.14. The lowest BCUT2D eigenvalue weighted by atomic mass is 10.1. The Morgan fingerprint density at radius 3 is 2.50 bits per heavy atom. The molecule has 0 spiro atoms. The van der Waals surface area contributed by atoms with Crippen molar-refractivity contribution in [3.63, 3.8) is 0 Å². The first-order valence-electron chi connectivity index (χ1n) is 5.37. The summed E-state index contributed by atoms with van der Waals surface area (Å²) in [5.41, 5.74) is 1.83. The monoisotopic (exact) mass is 219 g/mol. The van der Waals surface area contributed by atoms with Crippen LogP contribution < -0.4 is 4.90 Å². The molecule has 0 aliphatic rings. The molecule has 0 unspecified atom stereocenters. The molecule has 0 saturated heterocycles. The Morgan fingerprint density at radius 2 is 1.94 bits per heavy atom. The van der Waals surface area contributed by atoms with Crippen LogP contribution in [-0.4, -0.2) is 33.8 Å². The van der Waals surface area contributed by atoms with E-state index in [2.05, 4.69) is 28.9 Å². The zero-order valence-corrected chi connectivity index (χ0v) is 10.4. The highest BCUT2D eigenvalue weighted by molar-refractivity contribution is 5.78. The second-order valence-electron chi connectivity index (χ2n) is 4.50. The minimum Gasteiger partial charge on any atom is -0.347 e. The highest BCUT2D eigenvalue weighted by Crippen LogP contribution is 2.23. The maximum absolute atomic E-state index is 4.57. The molecule has 5 heteroatoms. The van der Waals surface area contributed by atoms with Gasteiger partial charge in [0.05, 0.1) is 11.1 Å². The zero-order valence-electron chi connectivity index (χ0n) is 10.4. The van der Waals surface area contributed by atoms with Crippen LogP contribution >= 0.6 is 0 Å². The summed E-state index contributed by atoms with van der Waals surface area (Å²) in [4.78, 5) is 10.9. The molecule has 0 N–H and O–H groups in total. The van der Waals surface area contributed by atoms with E-state index in [1.165, 1.54) is 0 Å². The number of hydrogen-bond acceptors (Lipinski definition) is 4. The molecular formula is C11H17N5. The quantitative estimate of drug-likeness (QED) is 0.769. The fourth-order valence-corrected chi connectivity index (χ4v) is 1.67. The van der Waals surface area contributed by atoms with Crippen LogP contribution in [0.4, 0.5) is 5.95 Å². The first-order chi connectivity index (χ1) is 7.49. The molecule has 2 rings (SSSR count). The number of aromatic nitrogens is 4. The second-order valence-corrected chi connectivity index (χ2v) is 4.50. The van der Waals surface area contributed by atoms with Gasteiger partial charge in [-0.2, -0.15) is 10.1 Å². The molecule has 0 radical (unpaired) electrons. The van der Waals surface area contributed by atoms with Crippen molar-refractivity contribution in [2.45, 2.75) is 19.8 Å². The van der Waals surface area contributed by atoms with Gasteiger partial charge in [-0.1, -0.05) is 13.8 Å². The summed E-state index contributed by atoms with van der Waals surface area (Å²) in [6.45, 7) is 4.27. The van der Waals surface area contributed by atoms with Crippen LogP contribution in [0.25, 0.3) is 11.0 Å². The average Bonchev–Trinajstić information content (AvgIpc) is 2.55. The maximum atomic E-state index is 4.57. The van der Waals surface area contributed by atoms with Crippen molar-refractivity contribution < 1.29 is 0 Å². The van der Waals surface area contributed by atoms with E-state index in [0.29, 0.717) is 5.92 Å². The van der Waals surface area contributed by atoms with Crippen LogP contribution in [0, 0.1) is 0 Å². The molecular weight excluding hydrogens is 202 g/mol. The number of hydrogen-bond donors (Lipinski definition) is 0. The van der Waals surface area contributed by atoms with E-state index >= 15 is 0 Å². The van der Waals surface area contributed by atoms with Gasteiger partial charge in [0.2, 0.25) is 5.95 Å². The van der Waals surface area contributed by atoms with E-state index in [-0.39, 0.29) is 0 Å². The molecule has 5 nitrogen and oxygen atoms in total. The van der Waals surface area contributed by atoms with Crippen molar-refractivity contribution in [3.8, 4) is 0 Å². The summed E-state index contributed by atoms with van der Waals surface area (Å²) in [7, 11) is 5.78. The first-order valence-corrected chi connectivity index (χ1v) is 5.37. The predicted molar refractivity (Wildman–Crippen MR) is 64.7 cm³/mol. The molecule has 0 saturated carbocycles. The minimum absolute atomic E-state index is 0.369. The standard InChI is InChI=1S/C11H17N5/c1-7(2)9-8-6-16(5)14-10(8)13-11(12-9)15(3)4/h6-7H,1-5H3. The van der Waals surface area contributed by atoms with Crippen molar-refractivity contribution in [3.05, 3.63) is 11.9 Å². The summed E-state index contributed by atoms with van der Waals surface area (Å²) < 4.78 is 1.78. The molecule has 2 aromatic heterocycles. The summed E-state index contributed by atoms with van der Waals surface area (Å²) in [6, 6.07) is 0. The Bertz CT molecular complexity index is 512. The van der Waals surface area contributed by atoms with Crippen molar-refractivity contribution in [2.24, 2.45) is 7.05 Å². The number of fused-ring (bicyclic) bond motifs is 1. The van der Waals surface area contributed by atoms with Gasteiger partial charge in [-0.3, -0.25) is 4.68 Å². The van der Waals surface area contributed by atoms with E-state index in [4.69, 9.17) is 0 Å². The SMILES string of the molecule is CC(C)c1nc(N(C)C)nc2nn(C)cc12. The topological polar surface area (TPSA) is 46.8 Å². The molecule has 0 aliphatic heterocycles. The van der Waals surface area contributed by atoms with Crippen LogP contribution in [0.1, 0.15) is 25.5 Å². The summed E-state index contributed by atoms with van der Waals surface area (Å²) >= 11 is 0. The van der Waals surface area contributed by atoms with Gasteiger partial charge in [0.1, 0.15) is 0 Å². The number of rotatable bonds is 2. The van der Waals surface area contributed by atoms with Gasteiger partial charge in [-0.25, -0.2) is 4.98 Å².